The smallest absolute Gasteiger partial charge is 0.0773 e. The molecule has 1 atom stereocenters. The van der Waals surface area contributed by atoms with Gasteiger partial charge in [0, 0.05) is 18.8 Å². The highest BCUT2D eigenvalue weighted by Crippen LogP contribution is 2.28. The summed E-state index contributed by atoms with van der Waals surface area (Å²) >= 11 is 12.0. The Bertz CT molecular complexity index is 395. The van der Waals surface area contributed by atoms with Crippen molar-refractivity contribution in [3.8, 4) is 0 Å². The van der Waals surface area contributed by atoms with Gasteiger partial charge in [0.15, 0.2) is 0 Å². The van der Waals surface area contributed by atoms with Gasteiger partial charge in [-0.1, -0.05) is 37.0 Å². The van der Waals surface area contributed by atoms with Crippen LogP contribution in [0.1, 0.15) is 13.8 Å². The molecule has 1 aliphatic heterocycles. The van der Waals surface area contributed by atoms with E-state index in [4.69, 9.17) is 27.9 Å². The second kappa shape index (κ2) is 5.47. The molecule has 1 fully saturated rings. The fraction of sp³-hybridized carbons (Fsp3) is 0.538. The predicted molar refractivity (Wildman–Crippen MR) is 73.3 cm³/mol. The molecule has 0 spiro atoms. The van der Waals surface area contributed by atoms with Crippen molar-refractivity contribution < 1.29 is 4.74 Å². The van der Waals surface area contributed by atoms with Crippen LogP contribution in [0.5, 0.6) is 0 Å². The van der Waals surface area contributed by atoms with Crippen LogP contribution in [0.2, 0.25) is 10.0 Å². The summed E-state index contributed by atoms with van der Waals surface area (Å²) in [7, 11) is 0. The van der Waals surface area contributed by atoms with E-state index >= 15 is 0 Å². The van der Waals surface area contributed by atoms with Crippen LogP contribution < -0.4 is 4.90 Å². The van der Waals surface area contributed by atoms with Gasteiger partial charge in [-0.3, -0.25) is 0 Å². The summed E-state index contributed by atoms with van der Waals surface area (Å²) in [4.78, 5) is 2.30. The van der Waals surface area contributed by atoms with Crippen LogP contribution in [0.25, 0.3) is 0 Å². The minimum Gasteiger partial charge on any atom is -0.374 e. The zero-order chi connectivity index (χ0) is 12.4. The van der Waals surface area contributed by atoms with E-state index in [0.717, 1.165) is 25.4 Å². The number of benzene rings is 1. The molecule has 0 bridgehead atoms. The Morgan fingerprint density at radius 1 is 1.29 bits per heavy atom. The number of morpholine rings is 1. The van der Waals surface area contributed by atoms with E-state index in [-0.39, 0.29) is 0 Å². The van der Waals surface area contributed by atoms with Gasteiger partial charge in [-0.2, -0.15) is 0 Å². The lowest BCUT2D eigenvalue weighted by Crippen LogP contribution is -2.44. The maximum atomic E-state index is 6.04. The number of rotatable bonds is 2. The molecule has 17 heavy (non-hydrogen) atoms. The van der Waals surface area contributed by atoms with Gasteiger partial charge in [0.25, 0.3) is 0 Å². The van der Waals surface area contributed by atoms with Gasteiger partial charge >= 0.3 is 0 Å². The third-order valence-electron chi connectivity index (χ3n) is 3.11. The molecule has 1 aliphatic rings. The first-order chi connectivity index (χ1) is 8.08. The molecule has 0 N–H and O–H groups in total. The van der Waals surface area contributed by atoms with E-state index < -0.39 is 0 Å². The van der Waals surface area contributed by atoms with Gasteiger partial charge in [-0.05, 0) is 24.1 Å². The molecule has 0 aromatic heterocycles. The van der Waals surface area contributed by atoms with Crippen molar-refractivity contribution >= 4 is 28.9 Å². The lowest BCUT2D eigenvalue weighted by atomic mass is 10.1. The Hall–Kier alpha value is -0.440. The van der Waals surface area contributed by atoms with Gasteiger partial charge in [-0.25, -0.2) is 0 Å². The van der Waals surface area contributed by atoms with E-state index in [1.165, 1.54) is 0 Å². The lowest BCUT2D eigenvalue weighted by Gasteiger charge is -2.36. The van der Waals surface area contributed by atoms with Gasteiger partial charge < -0.3 is 9.64 Å². The Morgan fingerprint density at radius 3 is 2.71 bits per heavy atom. The van der Waals surface area contributed by atoms with Crippen molar-refractivity contribution in [3.05, 3.63) is 28.2 Å². The highest BCUT2D eigenvalue weighted by atomic mass is 35.5. The van der Waals surface area contributed by atoms with Gasteiger partial charge in [0.05, 0.1) is 22.8 Å². The van der Waals surface area contributed by atoms with Crippen molar-refractivity contribution in [1.29, 1.82) is 0 Å². The molecule has 0 aliphatic carbocycles. The topological polar surface area (TPSA) is 12.5 Å². The third-order valence-corrected chi connectivity index (χ3v) is 3.84. The molecule has 0 saturated carbocycles. The van der Waals surface area contributed by atoms with Crippen molar-refractivity contribution in [2.45, 2.75) is 20.0 Å². The number of ether oxygens (including phenoxy) is 1. The average Bonchev–Trinajstić information content (AvgIpc) is 2.33. The number of nitrogens with zero attached hydrogens (tertiary/aromatic N) is 1. The van der Waals surface area contributed by atoms with Gasteiger partial charge in [0.1, 0.15) is 0 Å². The van der Waals surface area contributed by atoms with E-state index in [1.807, 2.05) is 18.2 Å². The van der Waals surface area contributed by atoms with Crippen LogP contribution in [0.3, 0.4) is 0 Å². The van der Waals surface area contributed by atoms with Crippen LogP contribution in [0.4, 0.5) is 5.69 Å². The molecule has 1 aromatic rings. The van der Waals surface area contributed by atoms with Crippen LogP contribution in [0, 0.1) is 5.92 Å². The molecular weight excluding hydrogens is 257 g/mol. The number of hydrogen-bond acceptors (Lipinski definition) is 2. The van der Waals surface area contributed by atoms with Crippen LogP contribution >= 0.6 is 23.2 Å². The standard InChI is InChI=1S/C13H17Cl2NO/c1-9(2)13-8-16(5-6-17-13)10-3-4-11(14)12(15)7-10/h3-4,7,9,13H,5-6,8H2,1-2H3. The van der Waals surface area contributed by atoms with Crippen LogP contribution in [-0.4, -0.2) is 25.8 Å². The Morgan fingerprint density at radius 2 is 2.06 bits per heavy atom. The second-order valence-corrected chi connectivity index (χ2v) is 5.51. The number of halogens is 2. The van der Waals surface area contributed by atoms with E-state index in [1.54, 1.807) is 0 Å². The zero-order valence-electron chi connectivity index (χ0n) is 10.1. The molecule has 1 aromatic carbocycles. The van der Waals surface area contributed by atoms with Gasteiger partial charge in [0.2, 0.25) is 0 Å². The summed E-state index contributed by atoms with van der Waals surface area (Å²) in [6, 6.07) is 5.78. The lowest BCUT2D eigenvalue weighted by molar-refractivity contribution is 0.0114. The maximum Gasteiger partial charge on any atom is 0.0773 e. The van der Waals surface area contributed by atoms with Crippen LogP contribution in [0.15, 0.2) is 18.2 Å². The van der Waals surface area contributed by atoms with Crippen LogP contribution in [-0.2, 0) is 4.74 Å². The third kappa shape index (κ3) is 3.06. The Balaban J connectivity index is 2.13. The molecule has 94 valence electrons. The first-order valence-corrected chi connectivity index (χ1v) is 6.65. The summed E-state index contributed by atoms with van der Waals surface area (Å²) in [5, 5.41) is 1.21. The summed E-state index contributed by atoms with van der Waals surface area (Å²) in [5.41, 5.74) is 1.12. The molecule has 2 rings (SSSR count). The number of hydrogen-bond donors (Lipinski definition) is 0. The molecule has 4 heteroatoms. The quantitative estimate of drug-likeness (QED) is 0.812. The highest BCUT2D eigenvalue weighted by molar-refractivity contribution is 6.42. The fourth-order valence-corrected chi connectivity index (χ4v) is 2.29. The first kappa shape index (κ1) is 13.0. The molecule has 0 radical (unpaired) electrons. The minimum atomic E-state index is 0.290. The van der Waals surface area contributed by atoms with E-state index in [0.29, 0.717) is 22.1 Å². The normalized spacial score (nSPS) is 21.0. The summed E-state index contributed by atoms with van der Waals surface area (Å²) in [5.74, 6) is 0.528. The molecule has 1 heterocycles. The second-order valence-electron chi connectivity index (χ2n) is 4.70. The SMILES string of the molecule is CC(C)C1CN(c2ccc(Cl)c(Cl)c2)CCO1. The maximum absolute atomic E-state index is 6.04. The monoisotopic (exact) mass is 273 g/mol. The molecular formula is C13H17Cl2NO. The Kier molecular flexibility index (Phi) is 4.18. The van der Waals surface area contributed by atoms with E-state index in [2.05, 4.69) is 18.7 Å². The predicted octanol–water partition coefficient (Wildman–Crippen LogP) is 3.85. The summed E-state index contributed by atoms with van der Waals surface area (Å²) < 4.78 is 5.74. The van der Waals surface area contributed by atoms with Crippen molar-refractivity contribution in [3.63, 3.8) is 0 Å². The number of anilines is 1. The molecule has 0 amide bonds. The first-order valence-electron chi connectivity index (χ1n) is 5.89. The largest absolute Gasteiger partial charge is 0.374 e. The van der Waals surface area contributed by atoms with Crippen molar-refractivity contribution in [1.82, 2.24) is 0 Å². The minimum absolute atomic E-state index is 0.290. The zero-order valence-corrected chi connectivity index (χ0v) is 11.6. The van der Waals surface area contributed by atoms with Crippen molar-refractivity contribution in [2.24, 2.45) is 5.92 Å². The Labute approximate surface area is 112 Å². The summed E-state index contributed by atoms with van der Waals surface area (Å²) in [6.07, 6.45) is 0.290. The highest BCUT2D eigenvalue weighted by Gasteiger charge is 2.23. The van der Waals surface area contributed by atoms with Crippen molar-refractivity contribution in [2.75, 3.05) is 24.6 Å². The molecule has 2 nitrogen and oxygen atoms in total. The van der Waals surface area contributed by atoms with Gasteiger partial charge in [-0.15, -0.1) is 0 Å². The average molecular weight is 274 g/mol. The summed E-state index contributed by atoms with van der Waals surface area (Å²) in [6.45, 7) is 6.95. The fourth-order valence-electron chi connectivity index (χ4n) is 1.99. The van der Waals surface area contributed by atoms with E-state index in [9.17, 15) is 0 Å². The molecule has 1 unspecified atom stereocenters. The molecule has 1 saturated heterocycles.